The number of fused-ring (bicyclic) bond motifs is 4. The number of nitrogens with zero attached hydrogens (tertiary/aromatic N) is 2. The molecule has 8 heteroatoms. The van der Waals surface area contributed by atoms with Gasteiger partial charge in [-0.15, -0.1) is 0 Å². The maximum absolute atomic E-state index is 13.5. The Morgan fingerprint density at radius 1 is 1.16 bits per heavy atom. The van der Waals surface area contributed by atoms with Gasteiger partial charge in [0.1, 0.15) is 0 Å². The Kier molecular flexibility index (Phi) is 5.41. The molecule has 0 spiro atoms. The molecule has 32 heavy (non-hydrogen) atoms. The maximum Gasteiger partial charge on any atom is 0.230 e. The number of anilines is 1. The number of hydrogen-bond acceptors (Lipinski definition) is 5. The van der Waals surface area contributed by atoms with Gasteiger partial charge < -0.3 is 15.0 Å². The van der Waals surface area contributed by atoms with Gasteiger partial charge in [-0.2, -0.15) is 0 Å². The Balaban J connectivity index is 1.18. The molecular weight excluding hydrogens is 428 g/mol. The number of amides is 2. The van der Waals surface area contributed by atoms with Crippen molar-refractivity contribution in [3.05, 3.63) is 28.8 Å². The second-order valence-corrected chi connectivity index (χ2v) is 10.4. The van der Waals surface area contributed by atoms with Gasteiger partial charge in [0.2, 0.25) is 11.8 Å². The van der Waals surface area contributed by atoms with Crippen molar-refractivity contribution in [2.75, 3.05) is 31.2 Å². The average Bonchev–Trinajstić information content (AvgIpc) is 3.44. The zero-order valence-electron chi connectivity index (χ0n) is 18.3. The number of carbonyl (C=O) groups excluding carboxylic acids is 2. The smallest absolute Gasteiger partial charge is 0.230 e. The van der Waals surface area contributed by atoms with E-state index in [0.717, 1.165) is 74.6 Å². The predicted molar refractivity (Wildman–Crippen MR) is 121 cm³/mol. The molecule has 4 fully saturated rings. The highest BCUT2D eigenvalue weighted by Crippen LogP contribution is 2.43. The Morgan fingerprint density at radius 2 is 2.00 bits per heavy atom. The molecule has 6 rings (SSSR count). The summed E-state index contributed by atoms with van der Waals surface area (Å²) in [5.41, 5.74) is 5.71. The normalized spacial score (nSPS) is 35.2. The quantitative estimate of drug-likeness (QED) is 0.710. The van der Waals surface area contributed by atoms with Crippen LogP contribution in [-0.4, -0.2) is 61.3 Å². The molecule has 3 saturated heterocycles. The first kappa shape index (κ1) is 20.9. The Labute approximate surface area is 193 Å². The van der Waals surface area contributed by atoms with Crippen LogP contribution in [0.4, 0.5) is 5.69 Å². The van der Waals surface area contributed by atoms with Crippen LogP contribution in [0.5, 0.6) is 0 Å². The molecule has 7 nitrogen and oxygen atoms in total. The fraction of sp³-hybridized carbons (Fsp3) is 0.667. The van der Waals surface area contributed by atoms with Gasteiger partial charge >= 0.3 is 0 Å². The molecule has 4 heterocycles. The van der Waals surface area contributed by atoms with Gasteiger partial charge in [0.25, 0.3) is 0 Å². The molecular formula is C24H31ClN4O3. The van der Waals surface area contributed by atoms with Gasteiger partial charge in [0, 0.05) is 61.1 Å². The van der Waals surface area contributed by atoms with Crippen molar-refractivity contribution in [1.82, 2.24) is 15.8 Å². The van der Waals surface area contributed by atoms with E-state index in [-0.39, 0.29) is 35.7 Å². The standard InChI is InChI=1S/C24H31ClN4O3/c25-16-2-4-21-14(11-16)5-8-28(21)24(31)15-1-3-18-20(12-15)27-23(30)19-13-26-29(22(18)19)17-6-9-32-10-7-17/h2,4,11,15,17-20,22,26H,1,3,5-10,12-13H2,(H,27,30). The van der Waals surface area contributed by atoms with Crippen LogP contribution >= 0.6 is 11.6 Å². The number of nitrogens with one attached hydrogen (secondary N) is 2. The van der Waals surface area contributed by atoms with Crippen LogP contribution in [0.2, 0.25) is 5.02 Å². The minimum atomic E-state index is -0.0411. The SMILES string of the molecule is O=C1NC2CC(C(=O)N3CCc4cc(Cl)ccc43)CCC2C2C1CNN2C1CCOCC1. The first-order valence-corrected chi connectivity index (χ1v) is 12.5. The topological polar surface area (TPSA) is 73.9 Å². The van der Waals surface area contributed by atoms with E-state index in [1.54, 1.807) is 0 Å². The number of hydrogen-bond donors (Lipinski definition) is 2. The third-order valence-electron chi connectivity index (χ3n) is 8.37. The highest BCUT2D eigenvalue weighted by atomic mass is 35.5. The molecule has 2 N–H and O–H groups in total. The molecule has 1 aliphatic carbocycles. The van der Waals surface area contributed by atoms with Crippen LogP contribution in [0.3, 0.4) is 0 Å². The number of benzene rings is 1. The van der Waals surface area contributed by atoms with E-state index in [4.69, 9.17) is 16.3 Å². The van der Waals surface area contributed by atoms with Crippen LogP contribution in [0.1, 0.15) is 37.7 Å². The maximum atomic E-state index is 13.5. The molecule has 172 valence electrons. The average molecular weight is 459 g/mol. The van der Waals surface area contributed by atoms with Gasteiger partial charge in [-0.3, -0.25) is 15.0 Å². The number of piperidine rings is 1. The fourth-order valence-corrected chi connectivity index (χ4v) is 7.01. The highest BCUT2D eigenvalue weighted by Gasteiger charge is 2.53. The lowest BCUT2D eigenvalue weighted by Gasteiger charge is -2.48. The number of halogens is 1. The van der Waals surface area contributed by atoms with Gasteiger partial charge in [0.05, 0.1) is 5.92 Å². The second kappa shape index (κ2) is 8.28. The van der Waals surface area contributed by atoms with E-state index in [2.05, 4.69) is 15.8 Å². The highest BCUT2D eigenvalue weighted by molar-refractivity contribution is 6.30. The Morgan fingerprint density at radius 3 is 2.84 bits per heavy atom. The van der Waals surface area contributed by atoms with Crippen LogP contribution < -0.4 is 15.6 Å². The van der Waals surface area contributed by atoms with E-state index in [1.165, 1.54) is 0 Å². The van der Waals surface area contributed by atoms with Crippen LogP contribution in [-0.2, 0) is 20.7 Å². The molecule has 5 unspecified atom stereocenters. The lowest BCUT2D eigenvalue weighted by molar-refractivity contribution is -0.135. The molecule has 5 atom stereocenters. The summed E-state index contributed by atoms with van der Waals surface area (Å²) in [6.07, 6.45) is 5.47. The number of ether oxygens (including phenoxy) is 1. The van der Waals surface area contributed by atoms with E-state index in [1.807, 2.05) is 23.1 Å². The lowest BCUT2D eigenvalue weighted by Crippen LogP contribution is -2.63. The van der Waals surface area contributed by atoms with E-state index < -0.39 is 0 Å². The van der Waals surface area contributed by atoms with E-state index in [0.29, 0.717) is 18.5 Å². The largest absolute Gasteiger partial charge is 0.381 e. The van der Waals surface area contributed by atoms with Crippen molar-refractivity contribution < 1.29 is 14.3 Å². The van der Waals surface area contributed by atoms with Gasteiger partial charge in [-0.05, 0) is 68.2 Å². The number of carbonyl (C=O) groups is 2. The van der Waals surface area contributed by atoms with Crippen molar-refractivity contribution in [1.29, 1.82) is 0 Å². The number of rotatable bonds is 2. The molecule has 0 radical (unpaired) electrons. The first-order valence-electron chi connectivity index (χ1n) is 12.1. The summed E-state index contributed by atoms with van der Waals surface area (Å²) in [5, 5.41) is 6.41. The van der Waals surface area contributed by atoms with Crippen molar-refractivity contribution in [3.8, 4) is 0 Å². The molecule has 1 aromatic carbocycles. The van der Waals surface area contributed by atoms with Gasteiger partial charge in [-0.25, -0.2) is 5.01 Å². The van der Waals surface area contributed by atoms with E-state index >= 15 is 0 Å². The molecule has 1 saturated carbocycles. The zero-order chi connectivity index (χ0) is 21.8. The Bertz CT molecular complexity index is 921. The molecule has 2 amide bonds. The third kappa shape index (κ3) is 3.45. The van der Waals surface area contributed by atoms with Gasteiger partial charge in [-0.1, -0.05) is 11.6 Å². The third-order valence-corrected chi connectivity index (χ3v) is 8.61. The summed E-state index contributed by atoms with van der Waals surface area (Å²) in [4.78, 5) is 28.4. The number of hydrazine groups is 1. The van der Waals surface area contributed by atoms with E-state index in [9.17, 15) is 9.59 Å². The van der Waals surface area contributed by atoms with Crippen molar-refractivity contribution >= 4 is 29.1 Å². The Hall–Kier alpha value is -1.67. The summed E-state index contributed by atoms with van der Waals surface area (Å²) in [6.45, 7) is 3.02. The molecule has 0 bridgehead atoms. The van der Waals surface area contributed by atoms with Crippen LogP contribution in [0.15, 0.2) is 18.2 Å². The first-order chi connectivity index (χ1) is 15.6. The summed E-state index contributed by atoms with van der Waals surface area (Å²) in [7, 11) is 0. The minimum Gasteiger partial charge on any atom is -0.381 e. The minimum absolute atomic E-state index is 0.00144. The molecule has 5 aliphatic rings. The molecule has 1 aromatic rings. The van der Waals surface area contributed by atoms with Gasteiger partial charge in [0.15, 0.2) is 0 Å². The predicted octanol–water partition coefficient (Wildman–Crippen LogP) is 2.13. The second-order valence-electron chi connectivity index (χ2n) is 10.0. The lowest BCUT2D eigenvalue weighted by atomic mass is 9.69. The van der Waals surface area contributed by atoms with Crippen molar-refractivity contribution in [2.24, 2.45) is 17.8 Å². The van der Waals surface area contributed by atoms with Crippen molar-refractivity contribution in [2.45, 2.75) is 56.7 Å². The summed E-state index contributed by atoms with van der Waals surface area (Å²) < 4.78 is 5.56. The fourth-order valence-electron chi connectivity index (χ4n) is 6.81. The van der Waals surface area contributed by atoms with Crippen molar-refractivity contribution in [3.63, 3.8) is 0 Å². The molecule has 0 aromatic heterocycles. The monoisotopic (exact) mass is 458 g/mol. The summed E-state index contributed by atoms with van der Waals surface area (Å²) in [6, 6.07) is 6.53. The molecule has 4 aliphatic heterocycles. The van der Waals surface area contributed by atoms with Crippen LogP contribution in [0, 0.1) is 17.8 Å². The summed E-state index contributed by atoms with van der Waals surface area (Å²) >= 11 is 6.14. The summed E-state index contributed by atoms with van der Waals surface area (Å²) in [5.74, 6) is 0.700. The zero-order valence-corrected chi connectivity index (χ0v) is 19.0. The van der Waals surface area contributed by atoms with Crippen LogP contribution in [0.25, 0.3) is 0 Å².